The second kappa shape index (κ2) is 16.3. The predicted octanol–water partition coefficient (Wildman–Crippen LogP) is 5.92. The smallest absolute Gasteiger partial charge is 0.280 e. The first kappa shape index (κ1) is 39.0. The molecule has 3 aromatic carbocycles. The fourth-order valence-corrected chi connectivity index (χ4v) is 8.91. The average molecular weight is 757 g/mol. The predicted molar refractivity (Wildman–Crippen MR) is 205 cm³/mol. The van der Waals surface area contributed by atoms with E-state index in [4.69, 9.17) is 19.7 Å². The average Bonchev–Trinajstić information content (AvgIpc) is 3.72. The molecule has 1 aliphatic rings. The Kier molecular flexibility index (Phi) is 11.8. The van der Waals surface area contributed by atoms with E-state index in [1.165, 1.54) is 10.9 Å². The number of halogens is 1. The van der Waals surface area contributed by atoms with Gasteiger partial charge in [-0.25, -0.2) is 14.0 Å². The van der Waals surface area contributed by atoms with Crippen molar-refractivity contribution in [2.75, 3.05) is 19.4 Å². The van der Waals surface area contributed by atoms with Crippen molar-refractivity contribution in [2.24, 2.45) is 0 Å². The minimum atomic E-state index is -2.40. The largest absolute Gasteiger partial charge is 0.497 e. The summed E-state index contributed by atoms with van der Waals surface area (Å²) in [5, 5.41) is 13.1. The molecule has 5 N–H and O–H groups in total. The maximum absolute atomic E-state index is 17.1. The fourth-order valence-electron chi connectivity index (χ4n) is 7.38. The molecule has 6 rings (SSSR count). The molecule has 0 amide bonds. The van der Waals surface area contributed by atoms with E-state index in [2.05, 4.69) is 26.3 Å². The summed E-state index contributed by atoms with van der Waals surface area (Å²) in [5.41, 5.74) is 6.42. The Morgan fingerprint density at radius 2 is 1.70 bits per heavy atom. The maximum Gasteiger partial charge on any atom is 0.280 e. The van der Waals surface area contributed by atoms with Crippen molar-refractivity contribution >= 4 is 25.6 Å². The normalized spacial score (nSPS) is 19.7. The molecule has 1 saturated heterocycles. The van der Waals surface area contributed by atoms with Crippen molar-refractivity contribution in [3.63, 3.8) is 0 Å². The third-order valence-corrected chi connectivity index (χ3v) is 11.7. The molecule has 54 heavy (non-hydrogen) atoms. The lowest BCUT2D eigenvalue weighted by atomic mass is 9.77. The number of methoxy groups -OCH3 is 1. The van der Waals surface area contributed by atoms with Crippen LogP contribution in [0, 0.1) is 11.3 Å². The maximum atomic E-state index is 17.1. The molecule has 0 spiro atoms. The fraction of sp³-hybridized carbons (Fsp3) is 0.385. The Morgan fingerprint density at radius 1 is 1.09 bits per heavy atom. The Bertz CT molecular complexity index is 2070. The van der Waals surface area contributed by atoms with Gasteiger partial charge in [0, 0.05) is 24.5 Å². The van der Waals surface area contributed by atoms with Crippen LogP contribution in [-0.2, 0) is 14.8 Å². The Labute approximate surface area is 314 Å². The highest BCUT2D eigenvalue weighted by atomic mass is 31.2. The van der Waals surface area contributed by atoms with E-state index in [0.29, 0.717) is 12.2 Å². The van der Waals surface area contributed by atoms with Crippen LogP contribution in [0.15, 0.2) is 96.1 Å². The summed E-state index contributed by atoms with van der Waals surface area (Å²) in [6, 6.07) is 29.5. The van der Waals surface area contributed by atoms with Crippen LogP contribution in [0.1, 0.15) is 63.5 Å². The first-order chi connectivity index (χ1) is 25.9. The van der Waals surface area contributed by atoms with Gasteiger partial charge in [0.15, 0.2) is 23.6 Å². The number of hydrogen-bond donors (Lipinski definition) is 4. The minimum absolute atomic E-state index is 0.0274. The summed E-state index contributed by atoms with van der Waals surface area (Å²) in [4.78, 5) is 35.3. The van der Waals surface area contributed by atoms with E-state index in [1.54, 1.807) is 11.8 Å². The molecule has 1 unspecified atom stereocenters. The lowest BCUT2D eigenvalue weighted by Gasteiger charge is -2.43. The molecule has 2 aromatic heterocycles. The molecule has 284 valence electrons. The Morgan fingerprint density at radius 3 is 2.28 bits per heavy atom. The molecule has 5 aromatic rings. The first-order valence-corrected chi connectivity index (χ1v) is 18.9. The van der Waals surface area contributed by atoms with E-state index < -0.39 is 49.8 Å². The van der Waals surface area contributed by atoms with Crippen LogP contribution < -0.4 is 21.3 Å². The highest BCUT2D eigenvalue weighted by Gasteiger charge is 2.51. The van der Waals surface area contributed by atoms with Gasteiger partial charge in [0.2, 0.25) is 5.95 Å². The summed E-state index contributed by atoms with van der Waals surface area (Å²) in [6.07, 6.45) is -3.47. The topological polar surface area (TPSA) is 177 Å². The highest BCUT2D eigenvalue weighted by Crippen LogP contribution is 2.50. The van der Waals surface area contributed by atoms with Crippen LogP contribution in [-0.4, -0.2) is 72.7 Å². The number of imidazole rings is 1. The number of alkyl halides is 1. The van der Waals surface area contributed by atoms with Gasteiger partial charge in [-0.1, -0.05) is 72.8 Å². The molecule has 1 fully saturated rings. The van der Waals surface area contributed by atoms with Gasteiger partial charge in [-0.2, -0.15) is 10.2 Å². The van der Waals surface area contributed by atoms with Crippen molar-refractivity contribution in [1.29, 1.82) is 5.26 Å². The third-order valence-electron chi connectivity index (χ3n) is 9.86. The zero-order valence-corrected chi connectivity index (χ0v) is 31.8. The van der Waals surface area contributed by atoms with Crippen molar-refractivity contribution < 1.29 is 23.3 Å². The quantitative estimate of drug-likeness (QED) is 0.0737. The molecule has 0 bridgehead atoms. The SMILES string of the molecule is COc1ccc(C(NC[C@H]2O[C@@H](n3cnc4c(=O)[nH]c(N)nc43)[C@H](F)[C@@H]2OP(O)N(C(C)C)C(C)(C)CCC#N)(c2ccccc2)c2ccccc2)cc1. The molecule has 1 aliphatic heterocycles. The zero-order chi connectivity index (χ0) is 38.6. The van der Waals surface area contributed by atoms with Gasteiger partial charge in [0.1, 0.15) is 18.0 Å². The van der Waals surface area contributed by atoms with E-state index >= 15 is 4.39 Å². The van der Waals surface area contributed by atoms with Crippen LogP contribution in [0.25, 0.3) is 11.2 Å². The van der Waals surface area contributed by atoms with E-state index in [0.717, 1.165) is 16.7 Å². The number of H-pyrrole nitrogens is 1. The summed E-state index contributed by atoms with van der Waals surface area (Å²) in [7, 11) is -0.791. The second-order valence-electron chi connectivity index (χ2n) is 14.1. The van der Waals surface area contributed by atoms with Gasteiger partial charge in [0.05, 0.1) is 25.0 Å². The summed E-state index contributed by atoms with van der Waals surface area (Å²) in [6.45, 7) is 7.72. The number of ether oxygens (including phenoxy) is 2. The molecule has 3 heterocycles. The number of fused-ring (bicyclic) bond motifs is 1. The standard InChI is InChI=1S/C39H46FN8O5P/c1-25(2)48(38(3,4)21-12-22-41)54(50)53-33-30(52-36(31(33)40)47-24-43-32-34(47)45-37(42)46-35(32)49)23-44-39(26-13-8-6-9-14-26,27-15-10-7-11-16-27)28-17-19-29(51-5)20-18-28/h6-11,13-20,24-25,30-31,33,36,44,50H,12,21,23H2,1-5H3,(H3,42,45,46,49)/t30-,31-,33-,36-,54?/m1/s1. The number of aromatic nitrogens is 4. The van der Waals surface area contributed by atoms with Crippen molar-refractivity contribution in [1.82, 2.24) is 29.5 Å². The molecule has 0 aliphatic carbocycles. The van der Waals surface area contributed by atoms with Gasteiger partial charge >= 0.3 is 0 Å². The molecule has 13 nitrogen and oxygen atoms in total. The summed E-state index contributed by atoms with van der Waals surface area (Å²) >= 11 is 0. The van der Waals surface area contributed by atoms with Crippen LogP contribution in [0.3, 0.4) is 0 Å². The monoisotopic (exact) mass is 756 g/mol. The van der Waals surface area contributed by atoms with Crippen molar-refractivity contribution in [2.45, 2.75) is 82.3 Å². The van der Waals surface area contributed by atoms with Crippen LogP contribution in [0.2, 0.25) is 0 Å². The Hall–Kier alpha value is -4.74. The first-order valence-electron chi connectivity index (χ1n) is 17.8. The molecule has 0 radical (unpaired) electrons. The number of aromatic amines is 1. The zero-order valence-electron chi connectivity index (χ0n) is 30.9. The molecule has 0 saturated carbocycles. The summed E-state index contributed by atoms with van der Waals surface area (Å²) in [5.74, 6) is 0.531. The third kappa shape index (κ3) is 7.61. The Balaban J connectivity index is 1.43. The van der Waals surface area contributed by atoms with E-state index in [1.807, 2.05) is 113 Å². The molecular formula is C39H46FN8O5P. The van der Waals surface area contributed by atoms with Crippen LogP contribution >= 0.6 is 8.53 Å². The van der Waals surface area contributed by atoms with Crippen molar-refractivity contribution in [3.05, 3.63) is 118 Å². The molecular weight excluding hydrogens is 710 g/mol. The number of nitrogens with zero attached hydrogens (tertiary/aromatic N) is 5. The number of rotatable bonds is 15. The number of hydrogen-bond acceptors (Lipinski definition) is 11. The molecule has 15 heteroatoms. The van der Waals surface area contributed by atoms with E-state index in [9.17, 15) is 14.9 Å². The number of nitrogens with two attached hydrogens (primary N) is 1. The number of nitriles is 1. The number of nitrogen functional groups attached to an aromatic ring is 1. The summed E-state index contributed by atoms with van der Waals surface area (Å²) < 4.78 is 38.7. The number of anilines is 1. The minimum Gasteiger partial charge on any atom is -0.497 e. The van der Waals surface area contributed by atoms with Gasteiger partial charge in [-0.15, -0.1) is 0 Å². The highest BCUT2D eigenvalue weighted by molar-refractivity contribution is 7.43. The number of nitrogens with one attached hydrogen (secondary N) is 2. The number of benzene rings is 3. The van der Waals surface area contributed by atoms with Gasteiger partial charge in [0.25, 0.3) is 14.1 Å². The lowest BCUT2D eigenvalue weighted by Crippen LogP contribution is -2.50. The van der Waals surface area contributed by atoms with Crippen LogP contribution in [0.4, 0.5) is 10.3 Å². The van der Waals surface area contributed by atoms with Gasteiger partial charge in [-0.3, -0.25) is 19.7 Å². The second-order valence-corrected chi connectivity index (χ2v) is 15.3. The lowest BCUT2D eigenvalue weighted by molar-refractivity contribution is -0.0225. The van der Waals surface area contributed by atoms with Crippen LogP contribution in [0.5, 0.6) is 5.75 Å². The van der Waals surface area contributed by atoms with E-state index in [-0.39, 0.29) is 36.1 Å². The van der Waals surface area contributed by atoms with Crippen molar-refractivity contribution in [3.8, 4) is 11.8 Å². The van der Waals surface area contributed by atoms with Gasteiger partial charge < -0.3 is 24.6 Å². The molecule has 5 atom stereocenters. The van der Waals surface area contributed by atoms with Gasteiger partial charge in [-0.05, 0) is 62.9 Å².